The van der Waals surface area contributed by atoms with Crippen molar-refractivity contribution in [1.82, 2.24) is 18.7 Å². The second-order valence-corrected chi connectivity index (χ2v) is 5.39. The van der Waals surface area contributed by atoms with Gasteiger partial charge in [0.1, 0.15) is 27.9 Å². The fourth-order valence-electron chi connectivity index (χ4n) is 2.73. The lowest BCUT2D eigenvalue weighted by Gasteiger charge is -2.01. The van der Waals surface area contributed by atoms with Gasteiger partial charge in [-0.05, 0) is 12.1 Å². The molecule has 0 bridgehead atoms. The first-order chi connectivity index (χ1) is 10.3. The molecule has 0 aliphatic heterocycles. The van der Waals surface area contributed by atoms with Crippen LogP contribution in [0.2, 0.25) is 0 Å². The number of carbonyl (C=O) groups is 1. The van der Waals surface area contributed by atoms with E-state index < -0.39 is 0 Å². The second-order valence-electron chi connectivity index (χ2n) is 4.86. The second kappa shape index (κ2) is 3.67. The third-order valence-electron chi connectivity index (χ3n) is 3.70. The average Bonchev–Trinajstić information content (AvgIpc) is 3.10. The van der Waals surface area contributed by atoms with E-state index in [0.29, 0.717) is 28.0 Å². The Balaban J connectivity index is 1.95. The van der Waals surface area contributed by atoms with E-state index in [-0.39, 0.29) is 5.78 Å². The molecule has 21 heavy (non-hydrogen) atoms. The smallest absolute Gasteiger partial charge is 0.214 e. The summed E-state index contributed by atoms with van der Waals surface area (Å²) in [6.45, 7) is 0. The molecule has 1 aliphatic rings. The van der Waals surface area contributed by atoms with E-state index in [1.165, 1.54) is 0 Å². The molecule has 0 saturated heterocycles. The number of carbonyl (C=O) groups excluding carboxylic acids is 1. The van der Waals surface area contributed by atoms with E-state index in [2.05, 4.69) is 18.7 Å². The minimum atomic E-state index is -0.0739. The van der Waals surface area contributed by atoms with Gasteiger partial charge in [-0.3, -0.25) is 4.79 Å². The quantitative estimate of drug-likeness (QED) is 0.438. The highest BCUT2D eigenvalue weighted by Gasteiger charge is 2.30. The maximum Gasteiger partial charge on any atom is 0.214 e. The molecule has 2 aromatic carbocycles. The molecule has 4 aromatic rings. The summed E-state index contributed by atoms with van der Waals surface area (Å²) in [6.07, 6.45) is 0. The highest BCUT2D eigenvalue weighted by Crippen LogP contribution is 2.35. The summed E-state index contributed by atoms with van der Waals surface area (Å²) in [5.41, 5.74) is 5.44. The maximum atomic E-state index is 12.5. The Hall–Kier alpha value is -2.73. The summed E-state index contributed by atoms with van der Waals surface area (Å²) in [5.74, 6) is -0.0739. The SMILES string of the molecule is O=C1c2ccccc2-c2nc3ccc4nsnc4c3nc21. The molecule has 0 N–H and O–H groups in total. The molecular weight excluding hydrogens is 284 g/mol. The van der Waals surface area contributed by atoms with E-state index in [9.17, 15) is 4.79 Å². The van der Waals surface area contributed by atoms with Crippen molar-refractivity contribution in [2.75, 3.05) is 0 Å². The summed E-state index contributed by atoms with van der Waals surface area (Å²) >= 11 is 1.14. The van der Waals surface area contributed by atoms with Crippen molar-refractivity contribution in [3.05, 3.63) is 47.7 Å². The topological polar surface area (TPSA) is 68.6 Å². The summed E-state index contributed by atoms with van der Waals surface area (Å²) in [6, 6.07) is 11.2. The Morgan fingerprint density at radius 3 is 2.48 bits per heavy atom. The number of fused-ring (bicyclic) bond motifs is 6. The van der Waals surface area contributed by atoms with Crippen LogP contribution in [0.3, 0.4) is 0 Å². The Morgan fingerprint density at radius 1 is 0.762 bits per heavy atom. The van der Waals surface area contributed by atoms with Crippen LogP contribution in [0.25, 0.3) is 33.3 Å². The van der Waals surface area contributed by atoms with Gasteiger partial charge in [0.25, 0.3) is 0 Å². The lowest BCUT2D eigenvalue weighted by atomic mass is 10.1. The van der Waals surface area contributed by atoms with Gasteiger partial charge in [0, 0.05) is 11.1 Å². The van der Waals surface area contributed by atoms with E-state index in [1.807, 2.05) is 36.4 Å². The van der Waals surface area contributed by atoms with E-state index in [4.69, 9.17) is 0 Å². The van der Waals surface area contributed by atoms with Crippen LogP contribution >= 0.6 is 11.7 Å². The number of aromatic nitrogens is 4. The van der Waals surface area contributed by atoms with E-state index in [1.54, 1.807) is 0 Å². The third-order valence-corrected chi connectivity index (χ3v) is 4.24. The lowest BCUT2D eigenvalue weighted by Crippen LogP contribution is -2.00. The van der Waals surface area contributed by atoms with Crippen LogP contribution < -0.4 is 0 Å². The van der Waals surface area contributed by atoms with E-state index >= 15 is 0 Å². The Bertz CT molecular complexity index is 1070. The first kappa shape index (κ1) is 11.0. The zero-order valence-electron chi connectivity index (χ0n) is 10.6. The van der Waals surface area contributed by atoms with Gasteiger partial charge in [-0.2, -0.15) is 8.75 Å². The zero-order chi connectivity index (χ0) is 14.0. The standard InChI is InChI=1S/C15H6N4OS/c20-15-8-4-2-1-3-7(8)11-14(15)17-12-9(16-11)5-6-10-13(12)19-21-18-10/h1-6H. The molecule has 0 fully saturated rings. The largest absolute Gasteiger partial charge is 0.287 e. The molecule has 5 nitrogen and oxygen atoms in total. The van der Waals surface area contributed by atoms with Crippen LogP contribution in [0.4, 0.5) is 0 Å². The monoisotopic (exact) mass is 290 g/mol. The predicted octanol–water partition coefficient (Wildman–Crippen LogP) is 2.85. The van der Waals surface area contributed by atoms with Crippen molar-refractivity contribution >= 4 is 39.6 Å². The minimum Gasteiger partial charge on any atom is -0.287 e. The van der Waals surface area contributed by atoms with Gasteiger partial charge in [0.15, 0.2) is 0 Å². The molecule has 0 saturated carbocycles. The molecule has 5 rings (SSSR count). The Morgan fingerprint density at radius 2 is 1.57 bits per heavy atom. The fraction of sp³-hybridized carbons (Fsp3) is 0. The summed E-state index contributed by atoms with van der Waals surface area (Å²) < 4.78 is 8.46. The predicted molar refractivity (Wildman–Crippen MR) is 79.4 cm³/mol. The van der Waals surface area contributed by atoms with Gasteiger partial charge < -0.3 is 0 Å². The number of hydrogen-bond acceptors (Lipinski definition) is 6. The number of hydrogen-bond donors (Lipinski definition) is 0. The van der Waals surface area contributed by atoms with Gasteiger partial charge in [0.05, 0.1) is 17.2 Å². The first-order valence-electron chi connectivity index (χ1n) is 6.40. The van der Waals surface area contributed by atoms with Crippen LogP contribution in [0, 0.1) is 0 Å². The maximum absolute atomic E-state index is 12.5. The van der Waals surface area contributed by atoms with Gasteiger partial charge >= 0.3 is 0 Å². The summed E-state index contributed by atoms with van der Waals surface area (Å²) in [5, 5.41) is 0. The van der Waals surface area contributed by atoms with Gasteiger partial charge in [0.2, 0.25) is 5.78 Å². The number of rotatable bonds is 0. The van der Waals surface area contributed by atoms with Crippen LogP contribution in [0.1, 0.15) is 16.1 Å². The highest BCUT2D eigenvalue weighted by molar-refractivity contribution is 7.00. The van der Waals surface area contributed by atoms with Gasteiger partial charge in [-0.15, -0.1) is 0 Å². The van der Waals surface area contributed by atoms with Crippen molar-refractivity contribution in [3.8, 4) is 11.3 Å². The first-order valence-corrected chi connectivity index (χ1v) is 7.13. The molecule has 0 radical (unpaired) electrons. The van der Waals surface area contributed by atoms with Crippen molar-refractivity contribution in [2.45, 2.75) is 0 Å². The molecule has 0 atom stereocenters. The van der Waals surface area contributed by atoms with Crippen LogP contribution in [-0.4, -0.2) is 24.5 Å². The van der Waals surface area contributed by atoms with Crippen molar-refractivity contribution in [2.24, 2.45) is 0 Å². The van der Waals surface area contributed by atoms with Crippen molar-refractivity contribution < 1.29 is 4.79 Å². The molecule has 0 unspecified atom stereocenters. The van der Waals surface area contributed by atoms with Crippen LogP contribution in [0.5, 0.6) is 0 Å². The highest BCUT2D eigenvalue weighted by atomic mass is 32.1. The summed E-state index contributed by atoms with van der Waals surface area (Å²) in [4.78, 5) is 21.6. The lowest BCUT2D eigenvalue weighted by molar-refractivity contribution is 0.103. The molecule has 0 amide bonds. The van der Waals surface area contributed by atoms with Crippen LogP contribution in [-0.2, 0) is 0 Å². The molecular formula is C15H6N4OS. The average molecular weight is 290 g/mol. The molecule has 6 heteroatoms. The molecule has 1 aliphatic carbocycles. The number of nitrogens with zero attached hydrogens (tertiary/aromatic N) is 4. The van der Waals surface area contributed by atoms with Gasteiger partial charge in [-0.25, -0.2) is 9.97 Å². The Kier molecular flexibility index (Phi) is 1.92. The third kappa shape index (κ3) is 1.32. The molecule has 2 heterocycles. The van der Waals surface area contributed by atoms with Gasteiger partial charge in [-0.1, -0.05) is 24.3 Å². The van der Waals surface area contributed by atoms with E-state index in [0.717, 1.165) is 28.3 Å². The fourth-order valence-corrected chi connectivity index (χ4v) is 3.26. The molecule has 2 aromatic heterocycles. The van der Waals surface area contributed by atoms with Crippen LogP contribution in [0.15, 0.2) is 36.4 Å². The van der Waals surface area contributed by atoms with Crippen molar-refractivity contribution in [1.29, 1.82) is 0 Å². The zero-order valence-corrected chi connectivity index (χ0v) is 11.4. The van der Waals surface area contributed by atoms with Crippen molar-refractivity contribution in [3.63, 3.8) is 0 Å². The summed E-state index contributed by atoms with van der Waals surface area (Å²) in [7, 11) is 0. The number of benzene rings is 2. The number of ketones is 1. The molecule has 0 spiro atoms. The normalized spacial score (nSPS) is 12.9. The molecule has 98 valence electrons. The minimum absolute atomic E-state index is 0.0739. The Labute approximate surface area is 122 Å².